The lowest BCUT2D eigenvalue weighted by Crippen LogP contribution is -2.52. The molecule has 0 radical (unpaired) electrons. The second-order valence-corrected chi connectivity index (χ2v) is 7.47. The fourth-order valence-electron chi connectivity index (χ4n) is 3.86. The van der Waals surface area contributed by atoms with Crippen LogP contribution in [-0.2, 0) is 4.79 Å². The van der Waals surface area contributed by atoms with Gasteiger partial charge in [0.1, 0.15) is 0 Å². The van der Waals surface area contributed by atoms with Crippen LogP contribution in [0.2, 0.25) is 0 Å². The van der Waals surface area contributed by atoms with Gasteiger partial charge in [-0.15, -0.1) is 0 Å². The summed E-state index contributed by atoms with van der Waals surface area (Å²) in [6.07, 6.45) is 7.64. The monoisotopic (exact) mass is 291 g/mol. The molecule has 3 amide bonds. The van der Waals surface area contributed by atoms with E-state index >= 15 is 0 Å². The zero-order valence-corrected chi connectivity index (χ0v) is 12.6. The van der Waals surface area contributed by atoms with Crippen LogP contribution in [0, 0.1) is 11.3 Å². The largest absolute Gasteiger partial charge is 0.342 e. The van der Waals surface area contributed by atoms with E-state index in [1.165, 1.54) is 12.8 Å². The van der Waals surface area contributed by atoms with Crippen LogP contribution in [0.15, 0.2) is 0 Å². The Morgan fingerprint density at radius 2 is 2.00 bits per heavy atom. The van der Waals surface area contributed by atoms with Crippen LogP contribution in [-0.4, -0.2) is 54.0 Å². The van der Waals surface area contributed by atoms with E-state index in [1.54, 1.807) is 0 Å². The van der Waals surface area contributed by atoms with E-state index in [1.807, 2.05) is 4.90 Å². The molecule has 0 aromatic heterocycles. The zero-order chi connectivity index (χ0) is 14.4. The second-order valence-electron chi connectivity index (χ2n) is 7.47. The molecule has 1 atom stereocenters. The Morgan fingerprint density at radius 1 is 1.19 bits per heavy atom. The Hall–Kier alpha value is -1.26. The van der Waals surface area contributed by atoms with Crippen LogP contribution in [0.3, 0.4) is 0 Å². The number of amides is 3. The zero-order valence-electron chi connectivity index (χ0n) is 12.6. The van der Waals surface area contributed by atoms with Crippen LogP contribution >= 0.6 is 0 Å². The highest BCUT2D eigenvalue weighted by atomic mass is 16.2. The Kier molecular flexibility index (Phi) is 3.12. The minimum Gasteiger partial charge on any atom is -0.342 e. The van der Waals surface area contributed by atoms with Crippen molar-refractivity contribution < 1.29 is 9.59 Å². The van der Waals surface area contributed by atoms with Gasteiger partial charge in [-0.1, -0.05) is 0 Å². The van der Waals surface area contributed by atoms with E-state index in [0.29, 0.717) is 18.5 Å². The molecule has 5 nitrogen and oxygen atoms in total. The average molecular weight is 291 g/mol. The summed E-state index contributed by atoms with van der Waals surface area (Å²) < 4.78 is 0. The molecule has 2 heterocycles. The predicted molar refractivity (Wildman–Crippen MR) is 78.7 cm³/mol. The second kappa shape index (κ2) is 4.89. The van der Waals surface area contributed by atoms with Crippen LogP contribution in [0.1, 0.15) is 44.9 Å². The van der Waals surface area contributed by atoms with Crippen molar-refractivity contribution in [1.82, 2.24) is 15.1 Å². The molecular formula is C16H25N3O2. The van der Waals surface area contributed by atoms with Gasteiger partial charge < -0.3 is 15.1 Å². The van der Waals surface area contributed by atoms with Crippen LogP contribution < -0.4 is 5.32 Å². The number of hydrogen-bond donors (Lipinski definition) is 1. The molecular weight excluding hydrogens is 266 g/mol. The standard InChI is InChI=1S/C16H25N3O2/c20-14-16(7-9-18(14)10-12-2-3-12)6-1-8-19(11-16)15(21)17-13-4-5-13/h12-13H,1-11H2,(H,17,21). The Labute approximate surface area is 126 Å². The van der Waals surface area contributed by atoms with Gasteiger partial charge in [-0.2, -0.15) is 0 Å². The lowest BCUT2D eigenvalue weighted by atomic mass is 9.78. The number of hydrogen-bond acceptors (Lipinski definition) is 2. The molecule has 4 rings (SSSR count). The van der Waals surface area contributed by atoms with Gasteiger partial charge in [0, 0.05) is 32.2 Å². The van der Waals surface area contributed by atoms with Gasteiger partial charge in [0.05, 0.1) is 5.41 Å². The number of rotatable bonds is 3. The van der Waals surface area contributed by atoms with Crippen molar-refractivity contribution in [3.8, 4) is 0 Å². The molecule has 2 saturated heterocycles. The molecule has 1 unspecified atom stereocenters. The van der Waals surface area contributed by atoms with Crippen molar-refractivity contribution in [1.29, 1.82) is 0 Å². The molecule has 2 aliphatic carbocycles. The van der Waals surface area contributed by atoms with Crippen molar-refractivity contribution in [3.05, 3.63) is 0 Å². The summed E-state index contributed by atoms with van der Waals surface area (Å²) >= 11 is 0. The van der Waals surface area contributed by atoms with Crippen LogP contribution in [0.5, 0.6) is 0 Å². The third kappa shape index (κ3) is 2.62. The fraction of sp³-hybridized carbons (Fsp3) is 0.875. The summed E-state index contributed by atoms with van der Waals surface area (Å²) in [5.41, 5.74) is -0.270. The van der Waals surface area contributed by atoms with Crippen molar-refractivity contribution in [2.75, 3.05) is 26.2 Å². The van der Waals surface area contributed by atoms with Crippen molar-refractivity contribution >= 4 is 11.9 Å². The lowest BCUT2D eigenvalue weighted by molar-refractivity contribution is -0.138. The Balaban J connectivity index is 1.41. The van der Waals surface area contributed by atoms with E-state index in [0.717, 1.165) is 57.7 Å². The molecule has 1 spiro atoms. The topological polar surface area (TPSA) is 52.7 Å². The number of piperidine rings is 1. The van der Waals surface area contributed by atoms with Crippen molar-refractivity contribution in [3.63, 3.8) is 0 Å². The van der Waals surface area contributed by atoms with Crippen LogP contribution in [0.25, 0.3) is 0 Å². The normalized spacial score (nSPS) is 32.9. The van der Waals surface area contributed by atoms with E-state index in [9.17, 15) is 9.59 Å². The first kappa shape index (κ1) is 13.4. The maximum absolute atomic E-state index is 12.8. The van der Waals surface area contributed by atoms with Gasteiger partial charge >= 0.3 is 6.03 Å². The average Bonchev–Trinajstić information content (AvgIpc) is 3.38. The van der Waals surface area contributed by atoms with Crippen molar-refractivity contribution in [2.45, 2.75) is 51.0 Å². The number of carbonyl (C=O) groups is 2. The summed E-state index contributed by atoms with van der Waals surface area (Å²) in [7, 11) is 0. The molecule has 0 bridgehead atoms. The first-order valence-electron chi connectivity index (χ1n) is 8.51. The Bertz CT molecular complexity index is 458. The highest BCUT2D eigenvalue weighted by Gasteiger charge is 2.50. The maximum Gasteiger partial charge on any atom is 0.317 e. The summed E-state index contributed by atoms with van der Waals surface area (Å²) in [6, 6.07) is 0.436. The number of likely N-dealkylation sites (tertiary alicyclic amines) is 2. The van der Waals surface area contributed by atoms with Gasteiger partial charge in [-0.05, 0) is 50.9 Å². The molecule has 0 aromatic carbocycles. The van der Waals surface area contributed by atoms with Gasteiger partial charge in [-0.25, -0.2) is 4.79 Å². The van der Waals surface area contributed by atoms with Gasteiger partial charge in [0.2, 0.25) is 5.91 Å². The highest BCUT2D eigenvalue weighted by molar-refractivity contribution is 5.86. The maximum atomic E-state index is 12.8. The molecule has 0 aromatic rings. The lowest BCUT2D eigenvalue weighted by Gasteiger charge is -2.39. The van der Waals surface area contributed by atoms with E-state index in [4.69, 9.17) is 0 Å². The summed E-state index contributed by atoms with van der Waals surface area (Å²) in [5.74, 6) is 1.07. The summed E-state index contributed by atoms with van der Waals surface area (Å²) in [6.45, 7) is 3.28. The first-order valence-corrected chi connectivity index (χ1v) is 8.51. The van der Waals surface area contributed by atoms with Crippen molar-refractivity contribution in [2.24, 2.45) is 11.3 Å². The smallest absolute Gasteiger partial charge is 0.317 e. The van der Waals surface area contributed by atoms with Gasteiger partial charge in [-0.3, -0.25) is 4.79 Å². The molecule has 116 valence electrons. The number of nitrogens with zero attached hydrogens (tertiary/aromatic N) is 2. The molecule has 2 saturated carbocycles. The molecule has 4 aliphatic rings. The van der Waals surface area contributed by atoms with Crippen LogP contribution in [0.4, 0.5) is 4.79 Å². The van der Waals surface area contributed by atoms with E-state index in [-0.39, 0.29) is 11.4 Å². The van der Waals surface area contributed by atoms with E-state index in [2.05, 4.69) is 10.2 Å². The highest BCUT2D eigenvalue weighted by Crippen LogP contribution is 2.42. The quantitative estimate of drug-likeness (QED) is 0.858. The summed E-state index contributed by atoms with van der Waals surface area (Å²) in [5, 5.41) is 3.06. The van der Waals surface area contributed by atoms with Gasteiger partial charge in [0.25, 0.3) is 0 Å². The molecule has 21 heavy (non-hydrogen) atoms. The fourth-order valence-corrected chi connectivity index (χ4v) is 3.86. The van der Waals surface area contributed by atoms with E-state index < -0.39 is 0 Å². The summed E-state index contributed by atoms with van der Waals surface area (Å²) in [4.78, 5) is 29.0. The molecule has 2 aliphatic heterocycles. The first-order chi connectivity index (χ1) is 10.2. The molecule has 1 N–H and O–H groups in total. The third-order valence-corrected chi connectivity index (χ3v) is 5.55. The van der Waals surface area contributed by atoms with Gasteiger partial charge in [0.15, 0.2) is 0 Å². The number of nitrogens with one attached hydrogen (secondary N) is 1. The number of urea groups is 1. The predicted octanol–water partition coefficient (Wildman–Crippen LogP) is 1.58. The Morgan fingerprint density at radius 3 is 2.71 bits per heavy atom. The number of carbonyl (C=O) groups excluding carboxylic acids is 2. The minimum absolute atomic E-state index is 0.0463. The molecule has 5 heteroatoms. The molecule has 4 fully saturated rings. The SMILES string of the molecule is O=C(NC1CC1)N1CCCC2(CCN(CC3CC3)C2=O)C1. The minimum atomic E-state index is -0.270. The third-order valence-electron chi connectivity index (χ3n) is 5.55.